The zero-order valence-electron chi connectivity index (χ0n) is 8.63. The first kappa shape index (κ1) is 17.2. The third kappa shape index (κ3) is 8.15. The molecule has 0 nitrogen and oxygen atoms in total. The van der Waals surface area contributed by atoms with Crippen molar-refractivity contribution < 1.29 is 17.0 Å². The topological polar surface area (TPSA) is 0 Å². The van der Waals surface area contributed by atoms with Crippen LogP contribution in [0.4, 0.5) is 0 Å². The van der Waals surface area contributed by atoms with Crippen LogP contribution in [0.25, 0.3) is 0 Å². The van der Waals surface area contributed by atoms with Gasteiger partial charge in [0.1, 0.15) is 0 Å². The summed E-state index contributed by atoms with van der Waals surface area (Å²) in [4.78, 5) is 1.27. The zero-order chi connectivity index (χ0) is 8.65. The van der Waals surface area contributed by atoms with Crippen molar-refractivity contribution in [3.05, 3.63) is 30.3 Å². The van der Waals surface area contributed by atoms with E-state index in [1.807, 2.05) is 23.9 Å². The summed E-state index contributed by atoms with van der Waals surface area (Å²) in [6, 6.07) is 11.4. The number of benzene rings is 1. The Bertz CT molecular complexity index is 204. The molecule has 0 saturated carbocycles. The first-order valence-corrected chi connectivity index (χ1v) is 5.51. The summed E-state index contributed by atoms with van der Waals surface area (Å²) in [5.41, 5.74) is 0. The van der Waals surface area contributed by atoms with Crippen LogP contribution in [0.3, 0.4) is 0 Å². The Morgan fingerprint density at radius 3 is 2.64 bits per heavy atom. The Balaban J connectivity index is 0. The van der Waals surface area contributed by atoms with Gasteiger partial charge in [0.05, 0.1) is 0 Å². The molecule has 0 aliphatic rings. The minimum atomic E-state index is 0. The van der Waals surface area contributed by atoms with Crippen LogP contribution in [0.5, 0.6) is 0 Å². The van der Waals surface area contributed by atoms with Crippen LogP contribution in [0, 0.1) is 6.07 Å². The average Bonchev–Trinajstić information content (AvgIpc) is 2.14. The van der Waals surface area contributed by atoms with Gasteiger partial charge in [0.15, 0.2) is 0 Å². The van der Waals surface area contributed by atoms with Crippen LogP contribution >= 0.6 is 11.8 Å². The number of unbranched alkanes of at least 4 members (excludes halogenated alkanes) is 2. The van der Waals surface area contributed by atoms with Crippen molar-refractivity contribution in [3.63, 3.8) is 0 Å². The predicted molar refractivity (Wildman–Crippen MR) is 61.3 cm³/mol. The molecular weight excluding hydrogens is 268 g/mol. The van der Waals surface area contributed by atoms with E-state index < -0.39 is 0 Å². The summed E-state index contributed by atoms with van der Waals surface area (Å²) in [7, 11) is 0. The molecule has 0 saturated heterocycles. The van der Waals surface area contributed by atoms with Crippen molar-refractivity contribution in [2.24, 2.45) is 0 Å². The molecule has 0 amide bonds. The van der Waals surface area contributed by atoms with E-state index >= 15 is 0 Å². The van der Waals surface area contributed by atoms with Crippen LogP contribution in [0.2, 0.25) is 0 Å². The second-order valence-corrected chi connectivity index (χ2v) is 3.92. The Kier molecular flexibility index (Phi) is 14.6. The molecule has 0 heterocycles. The smallest absolute Gasteiger partial charge is 1.00 e. The molecule has 0 unspecified atom stereocenters. The van der Waals surface area contributed by atoms with Gasteiger partial charge in [-0.3, -0.25) is 0 Å². The average molecular weight is 284 g/mol. The van der Waals surface area contributed by atoms with Crippen molar-refractivity contribution in [3.8, 4) is 0 Å². The van der Waals surface area contributed by atoms with Crippen LogP contribution in [0.1, 0.15) is 26.2 Å². The second kappa shape index (κ2) is 11.9. The molecule has 1 aromatic rings. The molecule has 0 atom stereocenters. The van der Waals surface area contributed by atoms with Crippen LogP contribution in [-0.2, 0) is 0 Å². The number of halogens is 1. The maximum absolute atomic E-state index is 3.21. The maximum atomic E-state index is 3.21. The molecule has 14 heavy (non-hydrogen) atoms. The van der Waals surface area contributed by atoms with Crippen LogP contribution < -0.4 is 17.0 Å². The summed E-state index contributed by atoms with van der Waals surface area (Å²) in [5, 5.41) is 0. The van der Waals surface area contributed by atoms with Crippen molar-refractivity contribution in [2.45, 2.75) is 31.1 Å². The van der Waals surface area contributed by atoms with E-state index in [0.29, 0.717) is 0 Å². The van der Waals surface area contributed by atoms with Crippen molar-refractivity contribution in [2.75, 3.05) is 5.75 Å². The van der Waals surface area contributed by atoms with E-state index in [4.69, 9.17) is 0 Å². The first-order chi connectivity index (χ1) is 5.93. The maximum Gasteiger partial charge on any atom is 2.00 e. The van der Waals surface area contributed by atoms with Crippen molar-refractivity contribution in [1.82, 2.24) is 0 Å². The fourth-order valence-electron chi connectivity index (χ4n) is 1.00. The van der Waals surface area contributed by atoms with E-state index in [-0.39, 0.29) is 40.0 Å². The summed E-state index contributed by atoms with van der Waals surface area (Å²) in [5.74, 6) is 1.23. The monoisotopic (exact) mass is 282 g/mol. The number of thioether (sulfide) groups is 1. The number of hydrogen-bond donors (Lipinski definition) is 0. The normalized spacial score (nSPS) is 8.64. The van der Waals surface area contributed by atoms with Gasteiger partial charge in [0.2, 0.25) is 0 Å². The largest absolute Gasteiger partial charge is 2.00 e. The van der Waals surface area contributed by atoms with Gasteiger partial charge in [-0.25, -0.2) is 0 Å². The minimum Gasteiger partial charge on any atom is -1.00 e. The Morgan fingerprint density at radius 1 is 1.29 bits per heavy atom. The van der Waals surface area contributed by atoms with Crippen molar-refractivity contribution in [1.29, 1.82) is 0 Å². The number of rotatable bonds is 5. The molecule has 0 aliphatic heterocycles. The zero-order valence-corrected chi connectivity index (χ0v) is 12.4. The third-order valence-electron chi connectivity index (χ3n) is 1.69. The molecule has 0 radical (unpaired) electrons. The summed E-state index contributed by atoms with van der Waals surface area (Å²) in [6.45, 7) is 2.24. The van der Waals surface area contributed by atoms with Crippen molar-refractivity contribution >= 4 is 34.8 Å². The molecular formula is C11H15BrMgS. The van der Waals surface area contributed by atoms with Gasteiger partial charge >= 0.3 is 23.1 Å². The van der Waals surface area contributed by atoms with E-state index in [1.165, 1.54) is 29.9 Å². The van der Waals surface area contributed by atoms with E-state index in [1.54, 1.807) is 0 Å². The predicted octanol–water partition coefficient (Wildman–Crippen LogP) is 0.392. The molecule has 1 rings (SSSR count). The molecule has 74 valence electrons. The number of hydrogen-bond acceptors (Lipinski definition) is 1. The first-order valence-electron chi connectivity index (χ1n) is 4.53. The summed E-state index contributed by atoms with van der Waals surface area (Å²) in [6.07, 6.45) is 3.97. The quantitative estimate of drug-likeness (QED) is 0.326. The second-order valence-electron chi connectivity index (χ2n) is 2.78. The molecule has 3 heteroatoms. The van der Waals surface area contributed by atoms with Gasteiger partial charge in [-0.05, 0) is 12.2 Å². The van der Waals surface area contributed by atoms with Gasteiger partial charge in [-0.2, -0.15) is 42.1 Å². The van der Waals surface area contributed by atoms with E-state index in [9.17, 15) is 0 Å². The van der Waals surface area contributed by atoms with Gasteiger partial charge in [0, 0.05) is 0 Å². The fourth-order valence-corrected chi connectivity index (χ4v) is 1.90. The summed E-state index contributed by atoms with van der Waals surface area (Å²) < 4.78 is 0. The minimum absolute atomic E-state index is 0. The third-order valence-corrected chi connectivity index (χ3v) is 2.74. The molecule has 0 fully saturated rings. The van der Waals surface area contributed by atoms with Crippen LogP contribution in [-0.4, -0.2) is 28.8 Å². The standard InChI is InChI=1S/C11H15S.BrH.Mg/c1-2-3-7-10-12-11-8-5-4-6-9-11;;/h4-6,8H,2-3,7,10H2,1H3;1H;/q-1;;+2/p-1. The Hall–Kier alpha value is 0.816. The summed E-state index contributed by atoms with van der Waals surface area (Å²) >= 11 is 1.90. The Morgan fingerprint density at radius 2 is 2.07 bits per heavy atom. The molecule has 0 bridgehead atoms. The Labute approximate surface area is 118 Å². The molecule has 0 N–H and O–H groups in total. The van der Waals surface area contributed by atoms with E-state index in [0.717, 1.165) is 0 Å². The molecule has 0 spiro atoms. The molecule has 0 aliphatic carbocycles. The van der Waals surface area contributed by atoms with E-state index in [2.05, 4.69) is 25.1 Å². The SMILES string of the molecule is CCCCCSc1[c-]cccc1.[Br-].[Mg+2]. The van der Waals surface area contributed by atoms with Gasteiger partial charge in [0.25, 0.3) is 0 Å². The van der Waals surface area contributed by atoms with Crippen LogP contribution in [0.15, 0.2) is 29.2 Å². The fraction of sp³-hybridized carbons (Fsp3) is 0.455. The van der Waals surface area contributed by atoms with Gasteiger partial charge in [-0.15, -0.1) is 4.90 Å². The van der Waals surface area contributed by atoms with Gasteiger partial charge in [-0.1, -0.05) is 19.8 Å². The van der Waals surface area contributed by atoms with Gasteiger partial charge < -0.3 is 17.0 Å². The molecule has 0 aromatic heterocycles. The molecule has 1 aromatic carbocycles.